The molecule has 2 heterocycles. The molecule has 1 fully saturated rings. The van der Waals surface area contributed by atoms with E-state index in [2.05, 4.69) is 5.32 Å². The van der Waals surface area contributed by atoms with E-state index in [0.717, 1.165) is 25.9 Å². The topological polar surface area (TPSA) is 130 Å². The third-order valence-corrected chi connectivity index (χ3v) is 5.73. The molecule has 33 heavy (non-hydrogen) atoms. The minimum absolute atomic E-state index is 0.0137. The van der Waals surface area contributed by atoms with Crippen molar-refractivity contribution in [2.24, 2.45) is 11.7 Å². The van der Waals surface area contributed by atoms with Crippen LogP contribution in [0.3, 0.4) is 0 Å². The maximum Gasteiger partial charge on any atom is 0.490 e. The number of nitrogens with one attached hydrogen (secondary N) is 1. The van der Waals surface area contributed by atoms with Gasteiger partial charge in [-0.3, -0.25) is 14.4 Å². The molecule has 0 saturated carbocycles. The Bertz CT molecular complexity index is 881. The van der Waals surface area contributed by atoms with Gasteiger partial charge in [0.05, 0.1) is 0 Å². The van der Waals surface area contributed by atoms with Crippen LogP contribution >= 0.6 is 0 Å². The Kier molecular flexibility index (Phi) is 9.39. The lowest BCUT2D eigenvalue weighted by Gasteiger charge is -2.30. The summed E-state index contributed by atoms with van der Waals surface area (Å²) in [5.41, 5.74) is 8.56. The Morgan fingerprint density at radius 2 is 1.61 bits per heavy atom. The second-order valence-electron chi connectivity index (χ2n) is 8.02. The van der Waals surface area contributed by atoms with E-state index in [9.17, 15) is 27.6 Å². The van der Waals surface area contributed by atoms with Crippen LogP contribution in [-0.2, 0) is 27.2 Å². The number of carboxylic acids is 1. The number of aliphatic carboxylic acids is 1. The highest BCUT2D eigenvalue weighted by Gasteiger charge is 2.38. The Labute approximate surface area is 189 Å². The van der Waals surface area contributed by atoms with Gasteiger partial charge >= 0.3 is 12.1 Å². The highest BCUT2D eigenvalue weighted by atomic mass is 19.4. The Morgan fingerprint density at radius 1 is 1.03 bits per heavy atom. The molecule has 11 heteroatoms. The van der Waals surface area contributed by atoms with Gasteiger partial charge in [0.2, 0.25) is 11.8 Å². The number of primary amides is 1. The first-order chi connectivity index (χ1) is 15.5. The van der Waals surface area contributed by atoms with Gasteiger partial charge in [0.15, 0.2) is 5.78 Å². The van der Waals surface area contributed by atoms with E-state index < -0.39 is 12.1 Å². The molecule has 0 bridgehead atoms. The number of rotatable bonds is 5. The number of carbonyl (C=O) groups is 4. The fourth-order valence-electron chi connectivity index (χ4n) is 3.78. The van der Waals surface area contributed by atoms with Crippen molar-refractivity contribution in [3.8, 4) is 0 Å². The first-order valence-corrected chi connectivity index (χ1v) is 10.7. The molecule has 8 nitrogen and oxygen atoms in total. The van der Waals surface area contributed by atoms with Crippen LogP contribution in [0.4, 0.5) is 13.2 Å². The molecule has 182 valence electrons. The number of hydrogen-bond donors (Lipinski definition) is 3. The van der Waals surface area contributed by atoms with Crippen molar-refractivity contribution in [1.82, 2.24) is 10.2 Å². The average Bonchev–Trinajstić information content (AvgIpc) is 3.02. The number of ketones is 1. The van der Waals surface area contributed by atoms with E-state index in [1.807, 2.05) is 18.2 Å². The second kappa shape index (κ2) is 11.8. The average molecular weight is 471 g/mol. The zero-order valence-corrected chi connectivity index (χ0v) is 18.1. The lowest BCUT2D eigenvalue weighted by molar-refractivity contribution is -0.192. The number of piperidine rings is 1. The largest absolute Gasteiger partial charge is 0.490 e. The third-order valence-electron chi connectivity index (χ3n) is 5.73. The number of likely N-dealkylation sites (tertiary alicyclic amines) is 1. The molecule has 2 aliphatic rings. The lowest BCUT2D eigenvalue weighted by atomic mass is 9.95. The van der Waals surface area contributed by atoms with Crippen molar-refractivity contribution in [3.05, 3.63) is 34.9 Å². The van der Waals surface area contributed by atoms with Gasteiger partial charge in [0.25, 0.3) is 0 Å². The number of halogens is 3. The van der Waals surface area contributed by atoms with Gasteiger partial charge in [-0.1, -0.05) is 12.1 Å². The Balaban J connectivity index is 0.000000479. The number of fused-ring (bicyclic) bond motifs is 1. The number of Topliss-reactive ketones (excluding diaryl/α,β-unsaturated/α-hetero) is 1. The van der Waals surface area contributed by atoms with Gasteiger partial charge in [-0.05, 0) is 56.0 Å². The van der Waals surface area contributed by atoms with Crippen LogP contribution in [0.15, 0.2) is 18.2 Å². The van der Waals surface area contributed by atoms with E-state index in [1.165, 1.54) is 11.1 Å². The maximum atomic E-state index is 12.5. The SMILES string of the molecule is NC(=O)C1CCN(C(=O)CCC(=O)c2ccc3c(c2)CCNCC3)CC1.O=C(O)C(F)(F)F. The normalized spacial score (nSPS) is 16.6. The van der Waals surface area contributed by atoms with E-state index in [4.69, 9.17) is 15.6 Å². The van der Waals surface area contributed by atoms with Crippen LogP contribution in [0.1, 0.15) is 47.2 Å². The summed E-state index contributed by atoms with van der Waals surface area (Å²) in [5.74, 6) is -3.17. The van der Waals surface area contributed by atoms with Crippen molar-refractivity contribution in [2.45, 2.75) is 44.7 Å². The van der Waals surface area contributed by atoms with Crippen LogP contribution < -0.4 is 11.1 Å². The number of carbonyl (C=O) groups excluding carboxylic acids is 3. The molecular formula is C22H28F3N3O5. The summed E-state index contributed by atoms with van der Waals surface area (Å²) in [6.07, 6.45) is -1.47. The third kappa shape index (κ3) is 8.16. The number of nitrogens with zero attached hydrogens (tertiary/aromatic N) is 1. The minimum atomic E-state index is -5.08. The van der Waals surface area contributed by atoms with Crippen LogP contribution in [-0.4, -0.2) is 65.9 Å². The van der Waals surface area contributed by atoms with Crippen molar-refractivity contribution in [2.75, 3.05) is 26.2 Å². The van der Waals surface area contributed by atoms with Crippen molar-refractivity contribution < 1.29 is 37.5 Å². The van der Waals surface area contributed by atoms with Gasteiger partial charge in [-0.2, -0.15) is 13.2 Å². The number of carboxylic acid groups (broad SMARTS) is 1. The number of nitrogens with two attached hydrogens (primary N) is 1. The molecule has 0 aliphatic carbocycles. The molecule has 2 amide bonds. The van der Waals surface area contributed by atoms with Crippen molar-refractivity contribution in [3.63, 3.8) is 0 Å². The standard InChI is InChI=1S/C20H27N3O3.C2HF3O2/c21-20(26)15-7-11-23(12-8-15)19(25)4-3-18(24)17-2-1-14-5-9-22-10-6-16(14)13-17;3-2(4,5)1(6)7/h1-2,13,15,22H,3-12H2,(H2,21,26);(H,6,7). The first-order valence-electron chi connectivity index (χ1n) is 10.7. The zero-order chi connectivity index (χ0) is 24.6. The molecule has 2 aliphatic heterocycles. The molecule has 0 radical (unpaired) electrons. The van der Waals surface area contributed by atoms with Crippen molar-refractivity contribution >= 4 is 23.6 Å². The summed E-state index contributed by atoms with van der Waals surface area (Å²) in [7, 11) is 0. The number of hydrogen-bond acceptors (Lipinski definition) is 5. The van der Waals surface area contributed by atoms with Crippen LogP contribution in [0.25, 0.3) is 0 Å². The Morgan fingerprint density at radius 3 is 2.15 bits per heavy atom. The van der Waals surface area contributed by atoms with E-state index in [-0.39, 0.29) is 36.4 Å². The quantitative estimate of drug-likeness (QED) is 0.561. The number of benzene rings is 1. The predicted octanol–water partition coefficient (Wildman–Crippen LogP) is 1.69. The van der Waals surface area contributed by atoms with Gasteiger partial charge in [-0.15, -0.1) is 0 Å². The first kappa shape index (κ1) is 26.3. The molecule has 4 N–H and O–H groups in total. The van der Waals surface area contributed by atoms with Gasteiger partial charge in [-0.25, -0.2) is 4.79 Å². The molecular weight excluding hydrogens is 443 g/mol. The maximum absolute atomic E-state index is 12.5. The van der Waals surface area contributed by atoms with E-state index in [0.29, 0.717) is 31.5 Å². The molecule has 1 aromatic rings. The smallest absolute Gasteiger partial charge is 0.475 e. The van der Waals surface area contributed by atoms with Gasteiger partial charge in [0, 0.05) is 37.4 Å². The molecule has 1 aromatic carbocycles. The fraction of sp³-hybridized carbons (Fsp3) is 0.545. The van der Waals surface area contributed by atoms with Crippen molar-refractivity contribution in [1.29, 1.82) is 0 Å². The highest BCUT2D eigenvalue weighted by molar-refractivity contribution is 5.98. The summed E-state index contributed by atoms with van der Waals surface area (Å²) < 4.78 is 31.7. The van der Waals surface area contributed by atoms with Crippen LogP contribution in [0.2, 0.25) is 0 Å². The van der Waals surface area contributed by atoms with E-state index >= 15 is 0 Å². The molecule has 0 unspecified atom stereocenters. The molecule has 1 saturated heterocycles. The summed E-state index contributed by atoms with van der Waals surface area (Å²) in [4.78, 5) is 46.7. The summed E-state index contributed by atoms with van der Waals surface area (Å²) >= 11 is 0. The number of amides is 2. The fourth-order valence-corrected chi connectivity index (χ4v) is 3.78. The summed E-state index contributed by atoms with van der Waals surface area (Å²) in [6, 6.07) is 5.93. The predicted molar refractivity (Wildman–Crippen MR) is 112 cm³/mol. The summed E-state index contributed by atoms with van der Waals surface area (Å²) in [6.45, 7) is 3.00. The zero-order valence-electron chi connectivity index (χ0n) is 18.1. The highest BCUT2D eigenvalue weighted by Crippen LogP contribution is 2.20. The number of alkyl halides is 3. The van der Waals surface area contributed by atoms with Gasteiger partial charge in [0.1, 0.15) is 0 Å². The lowest BCUT2D eigenvalue weighted by Crippen LogP contribution is -2.41. The molecule has 0 aromatic heterocycles. The van der Waals surface area contributed by atoms with Crippen LogP contribution in [0, 0.1) is 5.92 Å². The monoisotopic (exact) mass is 471 g/mol. The van der Waals surface area contributed by atoms with Gasteiger partial charge < -0.3 is 21.1 Å². The summed E-state index contributed by atoms with van der Waals surface area (Å²) in [5, 5.41) is 10.5. The second-order valence-corrected chi connectivity index (χ2v) is 8.02. The molecule has 0 atom stereocenters. The molecule has 0 spiro atoms. The minimum Gasteiger partial charge on any atom is -0.475 e. The van der Waals surface area contributed by atoms with E-state index in [1.54, 1.807) is 4.90 Å². The van der Waals surface area contributed by atoms with Crippen LogP contribution in [0.5, 0.6) is 0 Å². The molecule has 3 rings (SSSR count). The Hall–Kier alpha value is -2.95.